The molecule has 0 bridgehead atoms. The minimum Gasteiger partial charge on any atom is -0.488 e. The van der Waals surface area contributed by atoms with E-state index in [9.17, 15) is 9.90 Å². The van der Waals surface area contributed by atoms with E-state index in [0.29, 0.717) is 11.6 Å². The third kappa shape index (κ3) is 4.33. The van der Waals surface area contributed by atoms with Gasteiger partial charge in [-0.15, -0.1) is 0 Å². The average molecular weight is 406 g/mol. The molecule has 0 fully saturated rings. The van der Waals surface area contributed by atoms with Gasteiger partial charge in [-0.2, -0.15) is 0 Å². The van der Waals surface area contributed by atoms with Crippen molar-refractivity contribution in [3.63, 3.8) is 0 Å². The minimum atomic E-state index is -0.974. The summed E-state index contributed by atoms with van der Waals surface area (Å²) < 4.78 is 6.13. The van der Waals surface area contributed by atoms with E-state index in [-0.39, 0.29) is 5.56 Å². The van der Waals surface area contributed by atoms with Gasteiger partial charge in [0.2, 0.25) is 0 Å². The first-order chi connectivity index (χ1) is 14.1. The fourth-order valence-corrected chi connectivity index (χ4v) is 3.84. The van der Waals surface area contributed by atoms with Crippen molar-refractivity contribution in [3.8, 4) is 5.75 Å². The Hall–Kier alpha value is -3.11. The molecule has 0 radical (unpaired) electrons. The summed E-state index contributed by atoms with van der Waals surface area (Å²) in [6.45, 7) is 0.451. The molecule has 0 aliphatic heterocycles. The van der Waals surface area contributed by atoms with Crippen LogP contribution in [0.2, 0.25) is 5.02 Å². The van der Waals surface area contributed by atoms with E-state index in [1.165, 1.54) is 6.20 Å². The van der Waals surface area contributed by atoms with E-state index in [4.69, 9.17) is 16.3 Å². The molecule has 4 rings (SSSR count). The third-order valence-electron chi connectivity index (χ3n) is 5.06. The number of hydrogen-bond donors (Lipinski definition) is 1. The zero-order chi connectivity index (χ0) is 20.2. The van der Waals surface area contributed by atoms with Crippen LogP contribution in [0.4, 0.5) is 0 Å². The highest BCUT2D eigenvalue weighted by Gasteiger charge is 2.22. The summed E-state index contributed by atoms with van der Waals surface area (Å²) in [5.74, 6) is -0.240. The Morgan fingerprint density at radius 3 is 2.62 bits per heavy atom. The van der Waals surface area contributed by atoms with E-state index in [0.717, 1.165) is 52.8 Å². The van der Waals surface area contributed by atoms with Crippen molar-refractivity contribution in [2.45, 2.75) is 25.9 Å². The fraction of sp³-hybridized carbons (Fsp3) is 0.167. The quantitative estimate of drug-likeness (QED) is 0.537. The van der Waals surface area contributed by atoms with Gasteiger partial charge in [0.25, 0.3) is 0 Å². The van der Waals surface area contributed by atoms with Crippen molar-refractivity contribution in [2.75, 3.05) is 0 Å². The largest absolute Gasteiger partial charge is 0.488 e. The number of hydrogen-bond acceptors (Lipinski definition) is 3. The molecule has 1 heterocycles. The molecule has 1 aliphatic rings. The van der Waals surface area contributed by atoms with Gasteiger partial charge in [-0.25, -0.2) is 4.79 Å². The second-order valence-electron chi connectivity index (χ2n) is 6.99. The summed E-state index contributed by atoms with van der Waals surface area (Å²) >= 11 is 6.24. The molecule has 4 nitrogen and oxygen atoms in total. The van der Waals surface area contributed by atoms with Gasteiger partial charge in [0.05, 0.1) is 5.56 Å². The molecule has 0 unspecified atom stereocenters. The smallest absolute Gasteiger partial charge is 0.337 e. The molecule has 5 heteroatoms. The Bertz CT molecular complexity index is 1080. The first-order valence-corrected chi connectivity index (χ1v) is 9.87. The molecule has 0 atom stereocenters. The SMILES string of the molecule is O=C(O)c1cncc(C2=C(c3ccc(Cl)cc3OCc3ccccc3)CCC2)c1. The monoisotopic (exact) mass is 405 g/mol. The summed E-state index contributed by atoms with van der Waals surface area (Å²) in [6, 6.07) is 17.4. The van der Waals surface area contributed by atoms with Gasteiger partial charge in [0.1, 0.15) is 12.4 Å². The summed E-state index contributed by atoms with van der Waals surface area (Å²) in [4.78, 5) is 15.5. The summed E-state index contributed by atoms with van der Waals surface area (Å²) in [6.07, 6.45) is 5.88. The lowest BCUT2D eigenvalue weighted by Crippen LogP contribution is -2.00. The lowest BCUT2D eigenvalue weighted by molar-refractivity contribution is 0.0696. The highest BCUT2D eigenvalue weighted by molar-refractivity contribution is 6.30. The second kappa shape index (κ2) is 8.50. The number of nitrogens with zero attached hydrogens (tertiary/aromatic N) is 1. The van der Waals surface area contributed by atoms with Crippen LogP contribution in [0.5, 0.6) is 5.75 Å². The number of rotatable bonds is 6. The van der Waals surface area contributed by atoms with Gasteiger partial charge in [0, 0.05) is 23.0 Å². The molecule has 0 saturated carbocycles. The maximum atomic E-state index is 11.3. The van der Waals surface area contributed by atoms with Crippen molar-refractivity contribution >= 4 is 28.7 Å². The predicted octanol–water partition coefficient (Wildman–Crippen LogP) is 6.11. The lowest BCUT2D eigenvalue weighted by Gasteiger charge is -2.15. The highest BCUT2D eigenvalue weighted by atomic mass is 35.5. The molecule has 1 N–H and O–H groups in total. The number of ether oxygens (including phenoxy) is 1. The van der Waals surface area contributed by atoms with E-state index in [1.807, 2.05) is 48.5 Å². The van der Waals surface area contributed by atoms with E-state index in [2.05, 4.69) is 4.98 Å². The van der Waals surface area contributed by atoms with Crippen molar-refractivity contribution in [2.24, 2.45) is 0 Å². The van der Waals surface area contributed by atoms with Crippen LogP contribution in [0, 0.1) is 0 Å². The Morgan fingerprint density at radius 1 is 1.03 bits per heavy atom. The standard InChI is InChI=1S/C24H20ClNO3/c25-19-9-10-22(23(12-19)29-15-16-5-2-1-3-6-16)21-8-4-7-20(21)17-11-18(24(27)28)14-26-13-17/h1-3,5-6,9-14H,4,7-8,15H2,(H,27,28). The van der Waals surface area contributed by atoms with Crippen LogP contribution in [0.3, 0.4) is 0 Å². The highest BCUT2D eigenvalue weighted by Crippen LogP contribution is 2.43. The maximum Gasteiger partial charge on any atom is 0.337 e. The van der Waals surface area contributed by atoms with Gasteiger partial charge in [-0.1, -0.05) is 41.9 Å². The molecular weight excluding hydrogens is 386 g/mol. The average Bonchev–Trinajstić information content (AvgIpc) is 3.23. The number of benzene rings is 2. The number of pyridine rings is 1. The fourth-order valence-electron chi connectivity index (χ4n) is 3.68. The van der Waals surface area contributed by atoms with Gasteiger partial charge in [-0.05, 0) is 65.8 Å². The first-order valence-electron chi connectivity index (χ1n) is 9.49. The van der Waals surface area contributed by atoms with Gasteiger partial charge >= 0.3 is 5.97 Å². The summed E-state index contributed by atoms with van der Waals surface area (Å²) in [5, 5.41) is 9.91. The predicted molar refractivity (Wildman–Crippen MR) is 114 cm³/mol. The molecule has 3 aromatic rings. The van der Waals surface area contributed by atoms with Crippen molar-refractivity contribution < 1.29 is 14.6 Å². The molecule has 146 valence electrons. The van der Waals surface area contributed by atoms with Gasteiger partial charge in [0.15, 0.2) is 0 Å². The first kappa shape index (κ1) is 19.2. The van der Waals surface area contributed by atoms with Gasteiger partial charge < -0.3 is 9.84 Å². The van der Waals surface area contributed by atoms with Crippen LogP contribution in [-0.4, -0.2) is 16.1 Å². The number of carboxylic acid groups (broad SMARTS) is 1. The molecular formula is C24H20ClNO3. The summed E-state index contributed by atoms with van der Waals surface area (Å²) in [7, 11) is 0. The van der Waals surface area contributed by atoms with Crippen LogP contribution in [0.25, 0.3) is 11.1 Å². The van der Waals surface area contributed by atoms with Crippen molar-refractivity contribution in [1.82, 2.24) is 4.98 Å². The maximum absolute atomic E-state index is 11.3. The molecule has 29 heavy (non-hydrogen) atoms. The van der Waals surface area contributed by atoms with Crippen LogP contribution in [0.1, 0.15) is 46.3 Å². The second-order valence-corrected chi connectivity index (χ2v) is 7.43. The normalized spacial score (nSPS) is 13.6. The van der Waals surface area contributed by atoms with Crippen molar-refractivity contribution in [1.29, 1.82) is 0 Å². The number of carbonyl (C=O) groups is 1. The Balaban J connectivity index is 1.72. The van der Waals surface area contributed by atoms with E-state index in [1.54, 1.807) is 12.3 Å². The zero-order valence-electron chi connectivity index (χ0n) is 15.8. The number of aromatic carboxylic acids is 1. The number of halogens is 1. The third-order valence-corrected chi connectivity index (χ3v) is 5.29. The Morgan fingerprint density at radius 2 is 1.83 bits per heavy atom. The van der Waals surface area contributed by atoms with Crippen LogP contribution >= 0.6 is 11.6 Å². The molecule has 2 aromatic carbocycles. The van der Waals surface area contributed by atoms with Crippen molar-refractivity contribution in [3.05, 3.63) is 94.3 Å². The zero-order valence-corrected chi connectivity index (χ0v) is 16.5. The Labute approximate surface area is 174 Å². The number of allylic oxidation sites excluding steroid dienone is 2. The van der Waals surface area contributed by atoms with E-state index >= 15 is 0 Å². The molecule has 1 aromatic heterocycles. The topological polar surface area (TPSA) is 59.4 Å². The van der Waals surface area contributed by atoms with Crippen LogP contribution in [0.15, 0.2) is 67.0 Å². The molecule has 0 spiro atoms. The Kier molecular flexibility index (Phi) is 5.63. The van der Waals surface area contributed by atoms with Crippen LogP contribution < -0.4 is 4.74 Å². The minimum absolute atomic E-state index is 0.193. The van der Waals surface area contributed by atoms with E-state index < -0.39 is 5.97 Å². The number of carboxylic acids is 1. The molecule has 0 saturated heterocycles. The lowest BCUT2D eigenvalue weighted by atomic mass is 9.96. The van der Waals surface area contributed by atoms with Crippen LogP contribution in [-0.2, 0) is 6.61 Å². The summed E-state index contributed by atoms with van der Waals surface area (Å²) in [5.41, 5.74) is 5.40. The molecule has 1 aliphatic carbocycles. The number of aromatic nitrogens is 1. The molecule has 0 amide bonds. The van der Waals surface area contributed by atoms with Gasteiger partial charge in [-0.3, -0.25) is 4.98 Å².